The number of carbonyl (C=O) groups is 1. The summed E-state index contributed by atoms with van der Waals surface area (Å²) in [7, 11) is 1.61. The van der Waals surface area contributed by atoms with Crippen LogP contribution in [0, 0.1) is 0 Å². The van der Waals surface area contributed by atoms with Gasteiger partial charge in [-0.1, -0.05) is 32.0 Å². The molecule has 1 rings (SSSR count). The molecule has 0 aliphatic carbocycles. The summed E-state index contributed by atoms with van der Waals surface area (Å²) >= 11 is 0. The summed E-state index contributed by atoms with van der Waals surface area (Å²) in [5, 5.41) is 9.08. The quantitative estimate of drug-likeness (QED) is 0.809. The van der Waals surface area contributed by atoms with Crippen molar-refractivity contribution >= 4 is 5.97 Å². The molecule has 0 aliphatic rings. The Morgan fingerprint density at radius 1 is 1.33 bits per heavy atom. The highest BCUT2D eigenvalue weighted by atomic mass is 16.5. The average Bonchev–Trinajstić information content (AvgIpc) is 2.38. The van der Waals surface area contributed by atoms with Gasteiger partial charge in [0.25, 0.3) is 0 Å². The fourth-order valence-electron chi connectivity index (χ4n) is 2.21. The number of rotatable bonds is 7. The topological polar surface area (TPSA) is 49.8 Å². The molecule has 0 radical (unpaired) electrons. The molecule has 4 nitrogen and oxygen atoms in total. The van der Waals surface area contributed by atoms with Gasteiger partial charge in [-0.15, -0.1) is 0 Å². The van der Waals surface area contributed by atoms with E-state index in [4.69, 9.17) is 9.84 Å². The fraction of sp³-hybridized carbons (Fsp3) is 0.500. The molecule has 1 atom stereocenters. The second kappa shape index (κ2) is 7.01. The molecule has 1 N–H and O–H groups in total. The van der Waals surface area contributed by atoms with Gasteiger partial charge in [-0.2, -0.15) is 0 Å². The number of nitrogens with zero attached hydrogens (tertiary/aromatic N) is 1. The normalized spacial score (nSPS) is 12.4. The Hall–Kier alpha value is -1.55. The maximum atomic E-state index is 11.1. The summed E-state index contributed by atoms with van der Waals surface area (Å²) in [5.74, 6) is -0.0477. The van der Waals surface area contributed by atoms with E-state index in [1.54, 1.807) is 7.11 Å². The smallest absolute Gasteiger partial charge is 0.305 e. The van der Waals surface area contributed by atoms with Crippen molar-refractivity contribution in [3.63, 3.8) is 0 Å². The lowest BCUT2D eigenvalue weighted by Gasteiger charge is -2.29. The fourth-order valence-corrected chi connectivity index (χ4v) is 2.21. The van der Waals surface area contributed by atoms with Gasteiger partial charge in [-0.25, -0.2) is 0 Å². The van der Waals surface area contributed by atoms with E-state index < -0.39 is 5.97 Å². The Morgan fingerprint density at radius 3 is 2.44 bits per heavy atom. The molecule has 1 unspecified atom stereocenters. The molecule has 0 aliphatic heterocycles. The van der Waals surface area contributed by atoms with Crippen molar-refractivity contribution in [1.29, 1.82) is 0 Å². The molecule has 0 saturated heterocycles. The number of methoxy groups -OCH3 is 1. The van der Waals surface area contributed by atoms with Crippen molar-refractivity contribution < 1.29 is 14.6 Å². The Kier molecular flexibility index (Phi) is 5.65. The molecular weight excluding hydrogens is 230 g/mol. The standard InChI is InChI=1S/C14H21NO3/c1-4-15(5-2)12(10-14(16)17)11-8-6-7-9-13(11)18-3/h6-9,12H,4-5,10H2,1-3H3,(H,16,17). The number of carboxylic acids is 1. The van der Waals surface area contributed by atoms with Gasteiger partial charge in [0.05, 0.1) is 13.5 Å². The van der Waals surface area contributed by atoms with Crippen molar-refractivity contribution in [2.24, 2.45) is 0 Å². The van der Waals surface area contributed by atoms with Crippen LogP contribution in [0.15, 0.2) is 24.3 Å². The van der Waals surface area contributed by atoms with Gasteiger partial charge in [-0.05, 0) is 19.2 Å². The predicted molar refractivity (Wildman–Crippen MR) is 70.9 cm³/mol. The van der Waals surface area contributed by atoms with Crippen LogP contribution in [0.25, 0.3) is 0 Å². The van der Waals surface area contributed by atoms with Crippen LogP contribution in [0.5, 0.6) is 5.75 Å². The van der Waals surface area contributed by atoms with E-state index in [-0.39, 0.29) is 12.5 Å². The zero-order valence-electron chi connectivity index (χ0n) is 11.2. The second-order valence-corrected chi connectivity index (χ2v) is 4.08. The van der Waals surface area contributed by atoms with Crippen molar-refractivity contribution in [3.05, 3.63) is 29.8 Å². The molecule has 100 valence electrons. The number of hydrogen-bond donors (Lipinski definition) is 1. The summed E-state index contributed by atoms with van der Waals surface area (Å²) < 4.78 is 5.33. The first kappa shape index (κ1) is 14.5. The van der Waals surface area contributed by atoms with E-state index in [9.17, 15) is 4.79 Å². The molecule has 0 heterocycles. The Morgan fingerprint density at radius 2 is 1.94 bits per heavy atom. The minimum Gasteiger partial charge on any atom is -0.496 e. The minimum atomic E-state index is -0.794. The highest BCUT2D eigenvalue weighted by Crippen LogP contribution is 2.31. The monoisotopic (exact) mass is 251 g/mol. The molecule has 0 spiro atoms. The molecular formula is C14H21NO3. The third-order valence-corrected chi connectivity index (χ3v) is 3.12. The second-order valence-electron chi connectivity index (χ2n) is 4.08. The molecule has 4 heteroatoms. The zero-order chi connectivity index (χ0) is 13.5. The van der Waals surface area contributed by atoms with E-state index in [0.29, 0.717) is 0 Å². The third-order valence-electron chi connectivity index (χ3n) is 3.12. The van der Waals surface area contributed by atoms with E-state index in [1.165, 1.54) is 0 Å². The van der Waals surface area contributed by atoms with Gasteiger partial charge in [0.2, 0.25) is 0 Å². The first-order valence-electron chi connectivity index (χ1n) is 6.22. The molecule has 1 aromatic rings. The van der Waals surface area contributed by atoms with Crippen molar-refractivity contribution in [2.45, 2.75) is 26.3 Å². The maximum absolute atomic E-state index is 11.1. The van der Waals surface area contributed by atoms with Crippen LogP contribution < -0.4 is 4.74 Å². The van der Waals surface area contributed by atoms with Crippen molar-refractivity contribution in [3.8, 4) is 5.75 Å². The van der Waals surface area contributed by atoms with Gasteiger partial charge < -0.3 is 9.84 Å². The van der Waals surface area contributed by atoms with Gasteiger partial charge >= 0.3 is 5.97 Å². The van der Waals surface area contributed by atoms with E-state index in [0.717, 1.165) is 24.4 Å². The Labute approximate surface area is 108 Å². The number of aliphatic carboxylic acids is 1. The van der Waals surface area contributed by atoms with Crippen LogP contribution in [0.4, 0.5) is 0 Å². The Balaban J connectivity index is 3.11. The average molecular weight is 251 g/mol. The van der Waals surface area contributed by atoms with Gasteiger partial charge in [-0.3, -0.25) is 9.69 Å². The molecule has 0 amide bonds. The van der Waals surface area contributed by atoms with Crippen molar-refractivity contribution in [1.82, 2.24) is 4.90 Å². The number of benzene rings is 1. The lowest BCUT2D eigenvalue weighted by molar-refractivity contribution is -0.138. The van der Waals surface area contributed by atoms with Crippen LogP contribution in [-0.4, -0.2) is 36.2 Å². The first-order chi connectivity index (χ1) is 8.63. The number of ether oxygens (including phenoxy) is 1. The molecule has 18 heavy (non-hydrogen) atoms. The molecule has 1 aromatic carbocycles. The van der Waals surface area contributed by atoms with E-state index in [2.05, 4.69) is 4.90 Å². The summed E-state index contributed by atoms with van der Waals surface area (Å²) in [6.07, 6.45) is 0.0854. The molecule has 0 saturated carbocycles. The highest BCUT2D eigenvalue weighted by Gasteiger charge is 2.23. The van der Waals surface area contributed by atoms with Crippen molar-refractivity contribution in [2.75, 3.05) is 20.2 Å². The molecule has 0 bridgehead atoms. The van der Waals surface area contributed by atoms with Crippen LogP contribution >= 0.6 is 0 Å². The number of hydrogen-bond acceptors (Lipinski definition) is 3. The first-order valence-corrected chi connectivity index (χ1v) is 6.22. The van der Waals surface area contributed by atoms with Crippen LogP contribution in [0.1, 0.15) is 31.9 Å². The minimum absolute atomic E-state index is 0.0854. The summed E-state index contributed by atoms with van der Waals surface area (Å²) in [5.41, 5.74) is 0.936. The summed E-state index contributed by atoms with van der Waals surface area (Å²) in [6, 6.07) is 7.46. The van der Waals surface area contributed by atoms with Gasteiger partial charge in [0, 0.05) is 11.6 Å². The SMILES string of the molecule is CCN(CC)C(CC(=O)O)c1ccccc1OC. The van der Waals surface area contributed by atoms with Crippen LogP contribution in [0.3, 0.4) is 0 Å². The van der Waals surface area contributed by atoms with E-state index in [1.807, 2.05) is 38.1 Å². The van der Waals surface area contributed by atoms with Crippen LogP contribution in [0.2, 0.25) is 0 Å². The summed E-state index contributed by atoms with van der Waals surface area (Å²) in [4.78, 5) is 13.2. The predicted octanol–water partition coefficient (Wildman–Crippen LogP) is 2.55. The number of para-hydroxylation sites is 1. The van der Waals surface area contributed by atoms with Gasteiger partial charge in [0.15, 0.2) is 0 Å². The lowest BCUT2D eigenvalue weighted by Crippen LogP contribution is -2.30. The zero-order valence-corrected chi connectivity index (χ0v) is 11.2. The Bertz CT molecular complexity index is 388. The number of carboxylic acid groups (broad SMARTS) is 1. The summed E-state index contributed by atoms with van der Waals surface area (Å²) in [6.45, 7) is 5.69. The largest absolute Gasteiger partial charge is 0.496 e. The maximum Gasteiger partial charge on any atom is 0.305 e. The lowest BCUT2D eigenvalue weighted by atomic mass is 10.0. The van der Waals surface area contributed by atoms with Crippen LogP contribution in [-0.2, 0) is 4.79 Å². The van der Waals surface area contributed by atoms with Gasteiger partial charge in [0.1, 0.15) is 5.75 Å². The van der Waals surface area contributed by atoms with E-state index >= 15 is 0 Å². The third kappa shape index (κ3) is 3.47. The highest BCUT2D eigenvalue weighted by molar-refractivity contribution is 5.68. The molecule has 0 fully saturated rings. The molecule has 0 aromatic heterocycles.